The zero-order valence-electron chi connectivity index (χ0n) is 5.46. The molecule has 0 unspecified atom stereocenters. The predicted molar refractivity (Wildman–Crippen MR) is 53.3 cm³/mol. The van der Waals surface area contributed by atoms with Crippen molar-refractivity contribution in [2.24, 2.45) is 5.16 Å². The van der Waals surface area contributed by atoms with E-state index in [1.165, 1.54) is 0 Å². The summed E-state index contributed by atoms with van der Waals surface area (Å²) in [6.07, 6.45) is 0. The van der Waals surface area contributed by atoms with Crippen molar-refractivity contribution in [1.82, 2.24) is 0 Å². The summed E-state index contributed by atoms with van der Waals surface area (Å²) >= 11 is 7.73. The Morgan fingerprint density at radius 2 is 1.91 bits per heavy atom. The van der Waals surface area contributed by atoms with Crippen LogP contribution in [0.1, 0.15) is 5.56 Å². The third-order valence-electron chi connectivity index (χ3n) is 1.17. The van der Waals surface area contributed by atoms with Gasteiger partial charge in [0.25, 0.3) is 0 Å². The van der Waals surface area contributed by atoms with Crippen molar-refractivity contribution in [2.45, 2.75) is 0 Å². The summed E-state index contributed by atoms with van der Waals surface area (Å²) < 4.78 is 1.12. The molecular weight excluding hydrogens is 276 g/mol. The molecule has 0 saturated carbocycles. The zero-order valence-corrected chi connectivity index (χ0v) is 8.37. The Morgan fingerprint density at radius 3 is 2.36 bits per heavy atom. The second-order valence-corrected chi connectivity index (χ2v) is 3.50. The highest BCUT2D eigenvalue weighted by molar-refractivity contribution is 14.1. The molecule has 0 aliphatic carbocycles. The lowest BCUT2D eigenvalue weighted by Gasteiger charge is -1.94. The van der Waals surface area contributed by atoms with Crippen LogP contribution in [-0.2, 0) is 0 Å². The summed E-state index contributed by atoms with van der Waals surface area (Å²) in [6.45, 7) is 0. The van der Waals surface area contributed by atoms with Gasteiger partial charge in [0.05, 0.1) is 0 Å². The maximum Gasteiger partial charge on any atom is 0.175 e. The Hall–Kier alpha value is -0.290. The first-order valence-corrected chi connectivity index (χ1v) is 4.33. The average Bonchev–Trinajstić information content (AvgIpc) is 2.05. The van der Waals surface area contributed by atoms with Crippen molar-refractivity contribution in [2.75, 3.05) is 0 Å². The molecule has 1 rings (SSSR count). The molecule has 1 aromatic rings. The van der Waals surface area contributed by atoms with Gasteiger partial charge in [-0.3, -0.25) is 0 Å². The minimum atomic E-state index is 0.112. The van der Waals surface area contributed by atoms with E-state index in [0.29, 0.717) is 0 Å². The van der Waals surface area contributed by atoms with Crippen LogP contribution in [0.5, 0.6) is 0 Å². The van der Waals surface area contributed by atoms with Crippen LogP contribution in [0.15, 0.2) is 29.4 Å². The summed E-state index contributed by atoms with van der Waals surface area (Å²) in [7, 11) is 0. The number of oxime groups is 1. The van der Waals surface area contributed by atoms with Gasteiger partial charge in [0.2, 0.25) is 0 Å². The van der Waals surface area contributed by atoms with Crippen molar-refractivity contribution in [1.29, 1.82) is 0 Å². The number of rotatable bonds is 1. The van der Waals surface area contributed by atoms with E-state index in [9.17, 15) is 0 Å². The summed E-state index contributed by atoms with van der Waals surface area (Å²) in [5.74, 6) is 0. The molecule has 0 saturated heterocycles. The zero-order chi connectivity index (χ0) is 8.27. The van der Waals surface area contributed by atoms with Gasteiger partial charge in [0, 0.05) is 9.13 Å². The van der Waals surface area contributed by atoms with Gasteiger partial charge in [-0.05, 0) is 34.7 Å². The van der Waals surface area contributed by atoms with Crippen molar-refractivity contribution in [3.63, 3.8) is 0 Å². The van der Waals surface area contributed by atoms with Crippen LogP contribution in [0.4, 0.5) is 0 Å². The van der Waals surface area contributed by atoms with Crippen LogP contribution in [0.25, 0.3) is 0 Å². The molecule has 0 heterocycles. The van der Waals surface area contributed by atoms with Gasteiger partial charge in [-0.1, -0.05) is 28.9 Å². The lowest BCUT2D eigenvalue weighted by atomic mass is 10.2. The lowest BCUT2D eigenvalue weighted by molar-refractivity contribution is 0.321. The van der Waals surface area contributed by atoms with Gasteiger partial charge in [-0.2, -0.15) is 0 Å². The van der Waals surface area contributed by atoms with E-state index in [1.54, 1.807) is 12.1 Å². The first kappa shape index (κ1) is 8.80. The van der Waals surface area contributed by atoms with E-state index in [0.717, 1.165) is 9.13 Å². The Bertz CT molecular complexity index is 270. The molecule has 0 aromatic heterocycles. The minimum Gasteiger partial charge on any atom is -0.410 e. The van der Waals surface area contributed by atoms with Gasteiger partial charge in [0.1, 0.15) is 0 Å². The molecule has 0 bridgehead atoms. The van der Waals surface area contributed by atoms with Crippen LogP contribution in [-0.4, -0.2) is 10.4 Å². The monoisotopic (exact) mass is 281 g/mol. The van der Waals surface area contributed by atoms with Gasteiger partial charge < -0.3 is 5.21 Å². The highest BCUT2D eigenvalue weighted by Gasteiger charge is 1.97. The van der Waals surface area contributed by atoms with Crippen LogP contribution in [0, 0.1) is 3.57 Å². The van der Waals surface area contributed by atoms with Crippen LogP contribution in [0.3, 0.4) is 0 Å². The molecule has 0 radical (unpaired) electrons. The number of benzene rings is 1. The highest BCUT2D eigenvalue weighted by atomic mass is 127. The summed E-state index contributed by atoms with van der Waals surface area (Å²) in [6, 6.07) is 7.38. The normalized spacial score (nSPS) is 11.6. The first-order chi connectivity index (χ1) is 5.24. The van der Waals surface area contributed by atoms with E-state index < -0.39 is 0 Å². The topological polar surface area (TPSA) is 32.6 Å². The third kappa shape index (κ3) is 2.34. The number of halogens is 2. The second-order valence-electron chi connectivity index (χ2n) is 1.90. The quantitative estimate of drug-likeness (QED) is 0.365. The molecule has 2 nitrogen and oxygen atoms in total. The maximum atomic E-state index is 8.31. The molecule has 0 atom stereocenters. The van der Waals surface area contributed by atoms with Gasteiger partial charge in [-0.15, -0.1) is 0 Å². The van der Waals surface area contributed by atoms with Crippen molar-refractivity contribution in [3.05, 3.63) is 33.4 Å². The van der Waals surface area contributed by atoms with Gasteiger partial charge in [0.15, 0.2) is 5.17 Å². The molecule has 0 spiro atoms. The Kier molecular flexibility index (Phi) is 3.14. The largest absolute Gasteiger partial charge is 0.410 e. The lowest BCUT2D eigenvalue weighted by Crippen LogP contribution is -1.89. The molecular formula is C7H5ClINO. The molecule has 0 aliphatic heterocycles. The molecule has 1 N–H and O–H groups in total. The van der Waals surface area contributed by atoms with Crippen LogP contribution < -0.4 is 0 Å². The highest BCUT2D eigenvalue weighted by Crippen LogP contribution is 2.09. The fraction of sp³-hybridized carbons (Fsp3) is 0. The van der Waals surface area contributed by atoms with Gasteiger partial charge >= 0.3 is 0 Å². The van der Waals surface area contributed by atoms with Crippen molar-refractivity contribution < 1.29 is 5.21 Å². The molecule has 58 valence electrons. The fourth-order valence-corrected chi connectivity index (χ4v) is 1.13. The van der Waals surface area contributed by atoms with Gasteiger partial charge in [-0.25, -0.2) is 0 Å². The molecule has 4 heteroatoms. The Morgan fingerprint density at radius 1 is 1.36 bits per heavy atom. The molecule has 0 aliphatic rings. The number of hydrogen-bond donors (Lipinski definition) is 1. The van der Waals surface area contributed by atoms with E-state index in [-0.39, 0.29) is 5.17 Å². The summed E-state index contributed by atoms with van der Waals surface area (Å²) in [5.41, 5.74) is 0.717. The minimum absolute atomic E-state index is 0.112. The van der Waals surface area contributed by atoms with E-state index >= 15 is 0 Å². The average molecular weight is 281 g/mol. The summed E-state index contributed by atoms with van der Waals surface area (Å²) in [5, 5.41) is 11.3. The molecule has 11 heavy (non-hydrogen) atoms. The van der Waals surface area contributed by atoms with E-state index in [2.05, 4.69) is 27.7 Å². The fourth-order valence-electron chi connectivity index (χ4n) is 0.645. The van der Waals surface area contributed by atoms with E-state index in [1.807, 2.05) is 12.1 Å². The summed E-state index contributed by atoms with van der Waals surface area (Å²) in [4.78, 5) is 0. The number of hydrogen-bond acceptors (Lipinski definition) is 2. The first-order valence-electron chi connectivity index (χ1n) is 2.87. The number of nitrogens with zero attached hydrogens (tertiary/aromatic N) is 1. The second kappa shape index (κ2) is 3.92. The smallest absolute Gasteiger partial charge is 0.175 e. The molecule has 0 fully saturated rings. The SMILES string of the molecule is ON=C(Cl)c1ccc(I)cc1. The van der Waals surface area contributed by atoms with E-state index in [4.69, 9.17) is 16.8 Å². The maximum absolute atomic E-state index is 8.31. The van der Waals surface area contributed by atoms with Crippen LogP contribution in [0.2, 0.25) is 0 Å². The van der Waals surface area contributed by atoms with Crippen molar-refractivity contribution in [3.8, 4) is 0 Å². The molecule has 0 amide bonds. The third-order valence-corrected chi connectivity index (χ3v) is 2.18. The van der Waals surface area contributed by atoms with Crippen LogP contribution >= 0.6 is 34.2 Å². The Balaban J connectivity index is 2.99. The Labute approximate surface area is 83.0 Å². The predicted octanol–water partition coefficient (Wildman–Crippen LogP) is 2.67. The standard InChI is InChI=1S/C7H5ClINO/c8-7(10-11)5-1-3-6(9)4-2-5/h1-4,11H. The van der Waals surface area contributed by atoms with Crippen molar-refractivity contribution >= 4 is 39.4 Å². The molecule has 1 aromatic carbocycles.